The molecule has 1 amide bonds. The van der Waals surface area contributed by atoms with Crippen LogP contribution in [0.2, 0.25) is 5.02 Å². The standard InChI is InChI=1S/C23H26ClN3O3S2/c1-17-19(24)9-10-20-22(17)25-23(31-20)27-13-11-26(12-14-27)21(28)8-5-15-32(29,30)16-18-6-3-2-4-7-18/h2-4,6-7,9-10H,5,8,11-16H2,1H3. The van der Waals surface area contributed by atoms with Crippen molar-refractivity contribution < 1.29 is 13.2 Å². The Morgan fingerprint density at radius 2 is 1.81 bits per heavy atom. The van der Waals surface area contributed by atoms with Gasteiger partial charge in [0.2, 0.25) is 5.91 Å². The Bertz CT molecular complexity index is 1200. The molecule has 0 saturated carbocycles. The number of carbonyl (C=O) groups is 1. The van der Waals surface area contributed by atoms with E-state index in [9.17, 15) is 13.2 Å². The van der Waals surface area contributed by atoms with Gasteiger partial charge in [-0.15, -0.1) is 0 Å². The molecule has 6 nitrogen and oxygen atoms in total. The van der Waals surface area contributed by atoms with E-state index in [4.69, 9.17) is 16.6 Å². The van der Waals surface area contributed by atoms with Crippen LogP contribution in [-0.2, 0) is 20.4 Å². The van der Waals surface area contributed by atoms with Gasteiger partial charge in [-0.3, -0.25) is 4.79 Å². The quantitative estimate of drug-likeness (QED) is 0.492. The zero-order valence-electron chi connectivity index (χ0n) is 18.0. The molecule has 0 spiro atoms. The van der Waals surface area contributed by atoms with Crippen molar-refractivity contribution in [2.45, 2.75) is 25.5 Å². The Kier molecular flexibility index (Phi) is 7.02. The van der Waals surface area contributed by atoms with Crippen molar-refractivity contribution in [2.75, 3.05) is 36.8 Å². The number of amides is 1. The average molecular weight is 492 g/mol. The molecule has 0 unspecified atom stereocenters. The molecular formula is C23H26ClN3O3S2. The summed E-state index contributed by atoms with van der Waals surface area (Å²) in [5, 5.41) is 1.67. The van der Waals surface area contributed by atoms with Crippen molar-refractivity contribution in [3.8, 4) is 0 Å². The predicted molar refractivity (Wildman–Crippen MR) is 131 cm³/mol. The minimum atomic E-state index is -3.22. The Morgan fingerprint density at radius 1 is 1.09 bits per heavy atom. The molecule has 3 aromatic rings. The van der Waals surface area contributed by atoms with Gasteiger partial charge in [-0.2, -0.15) is 0 Å². The van der Waals surface area contributed by atoms with Gasteiger partial charge in [0.15, 0.2) is 15.0 Å². The van der Waals surface area contributed by atoms with Crippen LogP contribution in [0.25, 0.3) is 10.2 Å². The van der Waals surface area contributed by atoms with Gasteiger partial charge in [-0.25, -0.2) is 13.4 Å². The van der Waals surface area contributed by atoms with Gasteiger partial charge in [0.05, 0.1) is 21.7 Å². The molecule has 32 heavy (non-hydrogen) atoms. The molecule has 1 saturated heterocycles. The number of aryl methyl sites for hydroxylation is 1. The number of rotatable bonds is 7. The maximum absolute atomic E-state index is 12.6. The van der Waals surface area contributed by atoms with Crippen molar-refractivity contribution >= 4 is 54.0 Å². The van der Waals surface area contributed by atoms with Gasteiger partial charge in [-0.1, -0.05) is 53.3 Å². The minimum absolute atomic E-state index is 0.0199. The van der Waals surface area contributed by atoms with E-state index in [2.05, 4.69) is 4.90 Å². The average Bonchev–Trinajstić information content (AvgIpc) is 3.22. The Morgan fingerprint density at radius 3 is 2.53 bits per heavy atom. The monoisotopic (exact) mass is 491 g/mol. The minimum Gasteiger partial charge on any atom is -0.345 e. The molecule has 0 radical (unpaired) electrons. The summed E-state index contributed by atoms with van der Waals surface area (Å²) in [4.78, 5) is 21.4. The van der Waals surface area contributed by atoms with Crippen molar-refractivity contribution in [2.24, 2.45) is 0 Å². The van der Waals surface area contributed by atoms with Crippen LogP contribution in [0.15, 0.2) is 42.5 Å². The summed E-state index contributed by atoms with van der Waals surface area (Å²) >= 11 is 7.86. The van der Waals surface area contributed by atoms with Crippen LogP contribution in [0.5, 0.6) is 0 Å². The second-order valence-corrected chi connectivity index (χ2v) is 11.7. The van der Waals surface area contributed by atoms with Crippen LogP contribution in [0.1, 0.15) is 24.0 Å². The van der Waals surface area contributed by atoms with Gasteiger partial charge < -0.3 is 9.80 Å². The normalized spacial score (nSPS) is 14.8. The summed E-state index contributed by atoms with van der Waals surface area (Å²) in [5.74, 6) is 0.0703. The number of nitrogens with zero attached hydrogens (tertiary/aromatic N) is 3. The van der Waals surface area contributed by atoms with Crippen molar-refractivity contribution in [3.63, 3.8) is 0 Å². The SMILES string of the molecule is Cc1c(Cl)ccc2sc(N3CCN(C(=O)CCCS(=O)(=O)Cc4ccccc4)CC3)nc12. The van der Waals surface area contributed by atoms with E-state index in [1.807, 2.05) is 54.3 Å². The maximum atomic E-state index is 12.6. The summed E-state index contributed by atoms with van der Waals surface area (Å²) in [6.45, 7) is 4.64. The molecule has 9 heteroatoms. The van der Waals surface area contributed by atoms with Gasteiger partial charge in [0.1, 0.15) is 0 Å². The highest BCUT2D eigenvalue weighted by Crippen LogP contribution is 2.33. The van der Waals surface area contributed by atoms with E-state index >= 15 is 0 Å². The fourth-order valence-corrected chi connectivity index (χ4v) is 6.53. The maximum Gasteiger partial charge on any atom is 0.222 e. The first-order chi connectivity index (χ1) is 15.3. The van der Waals surface area contributed by atoms with E-state index < -0.39 is 9.84 Å². The Hall–Kier alpha value is -2.16. The van der Waals surface area contributed by atoms with E-state index in [1.54, 1.807) is 11.3 Å². The molecule has 170 valence electrons. The number of aromatic nitrogens is 1. The third-order valence-corrected chi connectivity index (χ3v) is 8.89. The number of carbonyl (C=O) groups excluding carboxylic acids is 1. The molecular weight excluding hydrogens is 466 g/mol. The van der Waals surface area contributed by atoms with Crippen molar-refractivity contribution in [1.82, 2.24) is 9.88 Å². The summed E-state index contributed by atoms with van der Waals surface area (Å²) < 4.78 is 25.8. The van der Waals surface area contributed by atoms with Crippen LogP contribution < -0.4 is 4.90 Å². The second-order valence-electron chi connectivity index (χ2n) is 8.06. The highest BCUT2D eigenvalue weighted by molar-refractivity contribution is 7.90. The predicted octanol–water partition coefficient (Wildman–Crippen LogP) is 4.30. The fraction of sp³-hybridized carbons (Fsp3) is 0.391. The molecule has 2 aromatic carbocycles. The van der Waals surface area contributed by atoms with Gasteiger partial charge in [0.25, 0.3) is 0 Å². The first kappa shape index (κ1) is 23.0. The van der Waals surface area contributed by atoms with Gasteiger partial charge >= 0.3 is 0 Å². The lowest BCUT2D eigenvalue weighted by Crippen LogP contribution is -2.48. The lowest BCUT2D eigenvalue weighted by Gasteiger charge is -2.34. The highest BCUT2D eigenvalue weighted by atomic mass is 35.5. The molecule has 4 rings (SSSR count). The van der Waals surface area contributed by atoms with E-state index in [1.165, 1.54) is 0 Å². The highest BCUT2D eigenvalue weighted by Gasteiger charge is 2.24. The molecule has 1 aliphatic rings. The largest absolute Gasteiger partial charge is 0.345 e. The number of anilines is 1. The number of benzene rings is 2. The molecule has 1 fully saturated rings. The van der Waals surface area contributed by atoms with Gasteiger partial charge in [-0.05, 0) is 36.6 Å². The van der Waals surface area contributed by atoms with Crippen molar-refractivity contribution in [3.05, 3.63) is 58.6 Å². The fourth-order valence-electron chi connectivity index (χ4n) is 3.87. The summed E-state index contributed by atoms with van der Waals surface area (Å²) in [7, 11) is -3.22. The van der Waals surface area contributed by atoms with Crippen LogP contribution >= 0.6 is 22.9 Å². The topological polar surface area (TPSA) is 70.6 Å². The number of sulfone groups is 1. The summed E-state index contributed by atoms with van der Waals surface area (Å²) in [5.41, 5.74) is 2.71. The number of fused-ring (bicyclic) bond motifs is 1. The first-order valence-corrected chi connectivity index (χ1v) is 13.7. The third kappa shape index (κ3) is 5.42. The number of hydrogen-bond acceptors (Lipinski definition) is 6. The van der Waals surface area contributed by atoms with E-state index in [0.29, 0.717) is 32.6 Å². The summed E-state index contributed by atoms with van der Waals surface area (Å²) in [6.07, 6.45) is 0.610. The molecule has 0 atom stereocenters. The van der Waals surface area contributed by atoms with Crippen LogP contribution in [0.3, 0.4) is 0 Å². The lowest BCUT2D eigenvalue weighted by molar-refractivity contribution is -0.131. The molecule has 0 N–H and O–H groups in total. The number of hydrogen-bond donors (Lipinski definition) is 0. The third-order valence-electron chi connectivity index (χ3n) is 5.71. The van der Waals surface area contributed by atoms with Crippen LogP contribution in [0, 0.1) is 6.92 Å². The smallest absolute Gasteiger partial charge is 0.222 e. The molecule has 1 aromatic heterocycles. The molecule has 0 aliphatic carbocycles. The second kappa shape index (κ2) is 9.77. The van der Waals surface area contributed by atoms with Crippen LogP contribution in [0.4, 0.5) is 5.13 Å². The first-order valence-electron chi connectivity index (χ1n) is 10.6. The van der Waals surface area contributed by atoms with Crippen LogP contribution in [-0.4, -0.2) is 56.1 Å². The number of halogens is 1. The van der Waals surface area contributed by atoms with Gasteiger partial charge in [0, 0.05) is 37.6 Å². The Labute approximate surface area is 197 Å². The number of piperazine rings is 1. The zero-order chi connectivity index (χ0) is 22.7. The van der Waals surface area contributed by atoms with E-state index in [0.717, 1.165) is 31.5 Å². The Balaban J connectivity index is 1.26. The van der Waals surface area contributed by atoms with E-state index in [-0.39, 0.29) is 23.8 Å². The number of thiazole rings is 1. The van der Waals surface area contributed by atoms with Crippen molar-refractivity contribution in [1.29, 1.82) is 0 Å². The molecule has 0 bridgehead atoms. The molecule has 1 aliphatic heterocycles. The lowest BCUT2D eigenvalue weighted by atomic mass is 10.2. The molecule has 2 heterocycles. The zero-order valence-corrected chi connectivity index (χ0v) is 20.3. The summed E-state index contributed by atoms with van der Waals surface area (Å²) in [6, 6.07) is 13.0.